The molecule has 0 bridgehead atoms. The van der Waals surface area contributed by atoms with Gasteiger partial charge in [0.1, 0.15) is 0 Å². The Kier molecular flexibility index (Phi) is 3.50. The first kappa shape index (κ1) is 11.9. The third kappa shape index (κ3) is 2.38. The minimum atomic E-state index is -0.362. The van der Waals surface area contributed by atoms with Crippen molar-refractivity contribution < 1.29 is 9.53 Å². The molecule has 0 amide bonds. The molecule has 1 aromatic heterocycles. The minimum Gasteiger partial charge on any atom is -0.462 e. The summed E-state index contributed by atoms with van der Waals surface area (Å²) in [6.07, 6.45) is 2.51. The molecule has 0 spiro atoms. The molecule has 0 N–H and O–H groups in total. The van der Waals surface area contributed by atoms with Crippen molar-refractivity contribution in [2.75, 3.05) is 6.61 Å². The van der Waals surface area contributed by atoms with Crippen molar-refractivity contribution in [2.45, 2.75) is 32.6 Å². The predicted octanol–water partition coefficient (Wildman–Crippen LogP) is 3.49. The van der Waals surface area contributed by atoms with E-state index in [-0.39, 0.29) is 11.1 Å². The Morgan fingerprint density at radius 3 is 2.94 bits per heavy atom. The lowest BCUT2D eigenvalue weighted by atomic mass is 10.1. The van der Waals surface area contributed by atoms with Gasteiger partial charge in [0, 0.05) is 5.92 Å². The van der Waals surface area contributed by atoms with Crippen LogP contribution >= 0.6 is 22.9 Å². The summed E-state index contributed by atoms with van der Waals surface area (Å²) in [6, 6.07) is 0. The number of esters is 1. The van der Waals surface area contributed by atoms with Gasteiger partial charge in [-0.2, -0.15) is 0 Å². The number of ether oxygens (including phenoxy) is 1. The molecule has 1 aliphatic rings. The fourth-order valence-electron chi connectivity index (χ4n) is 1.63. The standard InChI is InChI=1S/C11H14ClNO2S/c1-3-15-11(14)8-9(12)13-10(16-8)6(2)7-4-5-7/h6-7H,3-5H2,1-2H3. The van der Waals surface area contributed by atoms with Gasteiger partial charge < -0.3 is 4.74 Å². The number of rotatable bonds is 4. The van der Waals surface area contributed by atoms with E-state index < -0.39 is 0 Å². The lowest BCUT2D eigenvalue weighted by Gasteiger charge is -2.03. The molecule has 1 atom stereocenters. The van der Waals surface area contributed by atoms with Crippen molar-refractivity contribution in [2.24, 2.45) is 5.92 Å². The van der Waals surface area contributed by atoms with Gasteiger partial charge in [-0.3, -0.25) is 0 Å². The second kappa shape index (κ2) is 4.72. The van der Waals surface area contributed by atoms with E-state index in [1.807, 2.05) is 0 Å². The summed E-state index contributed by atoms with van der Waals surface area (Å²) in [5, 5.41) is 1.24. The smallest absolute Gasteiger partial charge is 0.351 e. The van der Waals surface area contributed by atoms with Crippen molar-refractivity contribution in [3.05, 3.63) is 15.0 Å². The molecule has 1 unspecified atom stereocenters. The minimum absolute atomic E-state index is 0.283. The first-order chi connectivity index (χ1) is 7.63. The molecule has 0 aliphatic heterocycles. The third-order valence-electron chi connectivity index (χ3n) is 2.78. The topological polar surface area (TPSA) is 39.2 Å². The Bertz CT molecular complexity index is 401. The number of carbonyl (C=O) groups excluding carboxylic acids is 1. The maximum Gasteiger partial charge on any atom is 0.351 e. The van der Waals surface area contributed by atoms with Crippen molar-refractivity contribution in [1.29, 1.82) is 0 Å². The Morgan fingerprint density at radius 2 is 2.38 bits per heavy atom. The molecule has 16 heavy (non-hydrogen) atoms. The second-order valence-electron chi connectivity index (χ2n) is 4.02. The van der Waals surface area contributed by atoms with Gasteiger partial charge in [0.2, 0.25) is 0 Å². The number of nitrogens with zero attached hydrogens (tertiary/aromatic N) is 1. The number of aromatic nitrogens is 1. The van der Waals surface area contributed by atoms with E-state index in [9.17, 15) is 4.79 Å². The zero-order chi connectivity index (χ0) is 11.7. The summed E-state index contributed by atoms with van der Waals surface area (Å²) >= 11 is 7.31. The van der Waals surface area contributed by atoms with Crippen LogP contribution in [0.15, 0.2) is 0 Å². The van der Waals surface area contributed by atoms with Crippen LogP contribution in [0.2, 0.25) is 5.15 Å². The summed E-state index contributed by atoms with van der Waals surface area (Å²) in [5.74, 6) is 0.766. The highest BCUT2D eigenvalue weighted by Gasteiger charge is 2.32. The quantitative estimate of drug-likeness (QED) is 0.777. The van der Waals surface area contributed by atoms with Gasteiger partial charge >= 0.3 is 5.97 Å². The van der Waals surface area contributed by atoms with Gasteiger partial charge in [0.05, 0.1) is 11.6 Å². The number of thiazole rings is 1. The van der Waals surface area contributed by atoms with E-state index in [1.165, 1.54) is 24.2 Å². The molecule has 0 aromatic carbocycles. The molecule has 5 heteroatoms. The molecule has 3 nitrogen and oxygen atoms in total. The molecular formula is C11H14ClNO2S. The van der Waals surface area contributed by atoms with Gasteiger partial charge in [-0.1, -0.05) is 18.5 Å². The van der Waals surface area contributed by atoms with Crippen LogP contribution in [0.1, 0.15) is 47.3 Å². The van der Waals surface area contributed by atoms with E-state index in [1.54, 1.807) is 6.92 Å². The van der Waals surface area contributed by atoms with Crippen molar-refractivity contribution >= 4 is 28.9 Å². The van der Waals surface area contributed by atoms with E-state index >= 15 is 0 Å². The van der Waals surface area contributed by atoms with Crippen molar-refractivity contribution in [3.8, 4) is 0 Å². The molecule has 88 valence electrons. The van der Waals surface area contributed by atoms with Crippen LogP contribution in [0.4, 0.5) is 0 Å². The van der Waals surface area contributed by atoms with Crippen molar-refractivity contribution in [1.82, 2.24) is 4.98 Å². The zero-order valence-corrected chi connectivity index (χ0v) is 10.9. The number of carbonyl (C=O) groups is 1. The maximum atomic E-state index is 11.6. The average Bonchev–Trinajstić information content (AvgIpc) is 3.01. The van der Waals surface area contributed by atoms with E-state index in [0.717, 1.165) is 10.9 Å². The lowest BCUT2D eigenvalue weighted by Crippen LogP contribution is -2.02. The predicted molar refractivity (Wildman–Crippen MR) is 64.2 cm³/mol. The van der Waals surface area contributed by atoms with Gasteiger partial charge in [-0.15, -0.1) is 11.3 Å². The highest BCUT2D eigenvalue weighted by molar-refractivity contribution is 7.14. The van der Waals surface area contributed by atoms with E-state index in [2.05, 4.69) is 11.9 Å². The molecule has 0 saturated heterocycles. The van der Waals surface area contributed by atoms with Gasteiger partial charge in [-0.05, 0) is 25.7 Å². The Balaban J connectivity index is 2.17. The van der Waals surface area contributed by atoms with Crippen LogP contribution in [0.3, 0.4) is 0 Å². The molecule has 2 rings (SSSR count). The molecule has 0 radical (unpaired) electrons. The molecule has 1 aromatic rings. The highest BCUT2D eigenvalue weighted by Crippen LogP contribution is 2.44. The second-order valence-corrected chi connectivity index (χ2v) is 5.41. The number of hydrogen-bond donors (Lipinski definition) is 0. The monoisotopic (exact) mass is 259 g/mol. The van der Waals surface area contributed by atoms with Crippen molar-refractivity contribution in [3.63, 3.8) is 0 Å². The maximum absolute atomic E-state index is 11.6. The fourth-order valence-corrected chi connectivity index (χ4v) is 2.96. The summed E-state index contributed by atoms with van der Waals surface area (Å²) in [5.41, 5.74) is 0. The van der Waals surface area contributed by atoms with Gasteiger partial charge in [0.25, 0.3) is 0 Å². The largest absolute Gasteiger partial charge is 0.462 e. The van der Waals surface area contributed by atoms with Crippen LogP contribution in [0, 0.1) is 5.92 Å². The molecule has 1 saturated carbocycles. The summed E-state index contributed by atoms with van der Waals surface area (Å²) in [4.78, 5) is 16.2. The Hall–Kier alpha value is -0.610. The zero-order valence-electron chi connectivity index (χ0n) is 9.33. The van der Waals surface area contributed by atoms with E-state index in [4.69, 9.17) is 16.3 Å². The van der Waals surface area contributed by atoms with Crippen LogP contribution in [0.5, 0.6) is 0 Å². The number of hydrogen-bond acceptors (Lipinski definition) is 4. The highest BCUT2D eigenvalue weighted by atomic mass is 35.5. The third-order valence-corrected chi connectivity index (χ3v) is 4.40. The van der Waals surface area contributed by atoms with Crippen LogP contribution in [-0.2, 0) is 4.74 Å². The average molecular weight is 260 g/mol. The SMILES string of the molecule is CCOC(=O)c1sc(C(C)C2CC2)nc1Cl. The molecular weight excluding hydrogens is 246 g/mol. The molecule has 1 heterocycles. The summed E-state index contributed by atoms with van der Waals surface area (Å²) in [6.45, 7) is 4.28. The molecule has 1 fully saturated rings. The van der Waals surface area contributed by atoms with Crippen LogP contribution < -0.4 is 0 Å². The Labute approximate surface area is 104 Å². The Morgan fingerprint density at radius 1 is 1.69 bits per heavy atom. The first-order valence-corrected chi connectivity index (χ1v) is 6.66. The number of halogens is 1. The normalized spacial score (nSPS) is 17.2. The van der Waals surface area contributed by atoms with Crippen LogP contribution in [-0.4, -0.2) is 17.6 Å². The summed E-state index contributed by atoms with van der Waals surface area (Å²) < 4.78 is 4.92. The van der Waals surface area contributed by atoms with Gasteiger partial charge in [0.15, 0.2) is 10.0 Å². The van der Waals surface area contributed by atoms with Gasteiger partial charge in [-0.25, -0.2) is 9.78 Å². The molecule has 1 aliphatic carbocycles. The lowest BCUT2D eigenvalue weighted by molar-refractivity contribution is 0.0532. The fraction of sp³-hybridized carbons (Fsp3) is 0.636. The summed E-state index contributed by atoms with van der Waals surface area (Å²) in [7, 11) is 0. The van der Waals surface area contributed by atoms with Crippen LogP contribution in [0.25, 0.3) is 0 Å². The first-order valence-electron chi connectivity index (χ1n) is 5.46. The van der Waals surface area contributed by atoms with E-state index in [0.29, 0.717) is 17.4 Å².